The molecule has 0 atom stereocenters. The number of thioether (sulfide) groups is 1. The van der Waals surface area contributed by atoms with Crippen molar-refractivity contribution >= 4 is 34.6 Å². The maximum atomic E-state index is 13.2. The fourth-order valence-electron chi connectivity index (χ4n) is 3.91. The number of aliphatic imine (C=N–C) groups is 1. The van der Waals surface area contributed by atoms with Crippen molar-refractivity contribution in [2.75, 3.05) is 6.54 Å². The van der Waals surface area contributed by atoms with Crippen molar-refractivity contribution < 1.29 is 4.79 Å². The first-order chi connectivity index (χ1) is 14.2. The van der Waals surface area contributed by atoms with Crippen LogP contribution in [0.5, 0.6) is 0 Å². The lowest BCUT2D eigenvalue weighted by atomic mass is 9.89. The van der Waals surface area contributed by atoms with Gasteiger partial charge in [-0.3, -0.25) is 14.7 Å². The third-order valence-electron chi connectivity index (χ3n) is 5.63. The number of pyridine rings is 1. The van der Waals surface area contributed by atoms with Crippen LogP contribution in [0.4, 0.5) is 5.69 Å². The molecule has 2 fully saturated rings. The fraction of sp³-hybridized carbons (Fsp3) is 0.375. The van der Waals surface area contributed by atoms with Crippen LogP contribution in [-0.4, -0.2) is 27.5 Å². The number of carbonyl (C=O) groups excluding carboxylic acids is 1. The van der Waals surface area contributed by atoms with Gasteiger partial charge in [-0.05, 0) is 78.4 Å². The van der Waals surface area contributed by atoms with E-state index in [9.17, 15) is 4.79 Å². The number of amidine groups is 1. The van der Waals surface area contributed by atoms with Crippen LogP contribution in [0, 0.1) is 5.92 Å². The highest BCUT2D eigenvalue weighted by atomic mass is 32.2. The lowest BCUT2D eigenvalue weighted by Gasteiger charge is -2.26. The maximum Gasteiger partial charge on any atom is 0.266 e. The number of hydrogen-bond acceptors (Lipinski definition) is 4. The molecule has 1 aliphatic heterocycles. The van der Waals surface area contributed by atoms with Crippen molar-refractivity contribution in [2.45, 2.75) is 45.4 Å². The molecular formula is C24H27N3OS. The number of hydrogen-bond donors (Lipinski definition) is 0. The number of rotatable bonds is 5. The fourth-order valence-corrected chi connectivity index (χ4v) is 4.92. The van der Waals surface area contributed by atoms with E-state index in [1.54, 1.807) is 12.4 Å². The van der Waals surface area contributed by atoms with Crippen LogP contribution in [0.25, 0.3) is 6.08 Å². The molecule has 1 aromatic carbocycles. The summed E-state index contributed by atoms with van der Waals surface area (Å²) < 4.78 is 0. The van der Waals surface area contributed by atoms with E-state index in [1.165, 1.54) is 49.4 Å². The largest absolute Gasteiger partial charge is 0.286 e. The minimum atomic E-state index is 0.0707. The molecule has 5 heteroatoms. The van der Waals surface area contributed by atoms with Crippen LogP contribution in [0.15, 0.2) is 58.7 Å². The summed E-state index contributed by atoms with van der Waals surface area (Å²) in [5, 5.41) is 0.796. The zero-order valence-electron chi connectivity index (χ0n) is 16.9. The highest BCUT2D eigenvalue weighted by Gasteiger charge is 2.35. The molecule has 1 aromatic heterocycles. The van der Waals surface area contributed by atoms with Crippen LogP contribution in [-0.2, 0) is 11.2 Å². The van der Waals surface area contributed by atoms with Crippen molar-refractivity contribution in [2.24, 2.45) is 10.9 Å². The molecule has 1 saturated carbocycles. The van der Waals surface area contributed by atoms with Crippen LogP contribution >= 0.6 is 11.8 Å². The summed E-state index contributed by atoms with van der Waals surface area (Å²) in [6.45, 7) is 2.92. The Morgan fingerprint density at radius 2 is 1.83 bits per heavy atom. The summed E-state index contributed by atoms with van der Waals surface area (Å²) in [6.07, 6.45) is 12.7. The molecule has 0 radical (unpaired) electrons. The second-order valence-electron chi connectivity index (χ2n) is 7.73. The predicted molar refractivity (Wildman–Crippen MR) is 121 cm³/mol. The van der Waals surface area contributed by atoms with Crippen molar-refractivity contribution in [3.63, 3.8) is 0 Å². The van der Waals surface area contributed by atoms with Crippen molar-refractivity contribution in [3.05, 3.63) is 64.8 Å². The maximum absolute atomic E-state index is 13.2. The third-order valence-corrected chi connectivity index (χ3v) is 6.63. The molecule has 4 rings (SSSR count). The monoisotopic (exact) mass is 405 g/mol. The molecule has 2 aliphatic rings. The lowest BCUT2D eigenvalue weighted by molar-refractivity contribution is -0.122. The Labute approximate surface area is 177 Å². The second-order valence-corrected chi connectivity index (χ2v) is 8.73. The van der Waals surface area contributed by atoms with Gasteiger partial charge in [0.05, 0.1) is 10.6 Å². The van der Waals surface area contributed by atoms with Gasteiger partial charge in [-0.25, -0.2) is 4.99 Å². The molecule has 150 valence electrons. The minimum absolute atomic E-state index is 0.0707. The summed E-state index contributed by atoms with van der Waals surface area (Å²) in [7, 11) is 0. The zero-order valence-corrected chi connectivity index (χ0v) is 17.7. The zero-order chi connectivity index (χ0) is 20.1. The van der Waals surface area contributed by atoms with Gasteiger partial charge in [0, 0.05) is 18.9 Å². The van der Waals surface area contributed by atoms with E-state index in [1.807, 2.05) is 35.2 Å². The molecule has 29 heavy (non-hydrogen) atoms. The minimum Gasteiger partial charge on any atom is -0.286 e. The molecule has 0 unspecified atom stereocenters. The van der Waals surface area contributed by atoms with E-state index in [0.717, 1.165) is 34.3 Å². The molecule has 1 amide bonds. The topological polar surface area (TPSA) is 45.6 Å². The molecule has 0 spiro atoms. The van der Waals surface area contributed by atoms with Gasteiger partial charge in [0.15, 0.2) is 5.17 Å². The van der Waals surface area contributed by atoms with Gasteiger partial charge in [0.2, 0.25) is 0 Å². The number of aryl methyl sites for hydroxylation is 1. The first kappa shape index (κ1) is 19.9. The van der Waals surface area contributed by atoms with Crippen LogP contribution < -0.4 is 0 Å². The van der Waals surface area contributed by atoms with Crippen molar-refractivity contribution in [1.29, 1.82) is 0 Å². The lowest BCUT2D eigenvalue weighted by Crippen LogP contribution is -2.34. The summed E-state index contributed by atoms with van der Waals surface area (Å²) in [5.74, 6) is 0.641. The molecular weight excluding hydrogens is 378 g/mol. The smallest absolute Gasteiger partial charge is 0.266 e. The van der Waals surface area contributed by atoms with Gasteiger partial charge in [0.1, 0.15) is 0 Å². The number of carbonyl (C=O) groups is 1. The highest BCUT2D eigenvalue weighted by Crippen LogP contribution is 2.36. The summed E-state index contributed by atoms with van der Waals surface area (Å²) in [5.41, 5.74) is 3.18. The Kier molecular flexibility index (Phi) is 6.45. The molecule has 4 nitrogen and oxygen atoms in total. The third kappa shape index (κ3) is 4.96. The van der Waals surface area contributed by atoms with E-state index in [2.05, 4.69) is 24.0 Å². The Morgan fingerprint density at radius 3 is 2.52 bits per heavy atom. The average molecular weight is 406 g/mol. The van der Waals surface area contributed by atoms with Crippen LogP contribution in [0.2, 0.25) is 0 Å². The normalized spacial score (nSPS) is 20.7. The van der Waals surface area contributed by atoms with Gasteiger partial charge >= 0.3 is 0 Å². The van der Waals surface area contributed by atoms with Crippen LogP contribution in [0.1, 0.15) is 50.2 Å². The number of benzene rings is 1. The highest BCUT2D eigenvalue weighted by molar-refractivity contribution is 8.18. The van der Waals surface area contributed by atoms with Gasteiger partial charge in [0.25, 0.3) is 5.91 Å². The van der Waals surface area contributed by atoms with E-state index in [4.69, 9.17) is 4.99 Å². The molecule has 0 N–H and O–H groups in total. The van der Waals surface area contributed by atoms with Gasteiger partial charge in [-0.2, -0.15) is 0 Å². The second kappa shape index (κ2) is 9.40. The van der Waals surface area contributed by atoms with E-state index >= 15 is 0 Å². The molecule has 2 heterocycles. The summed E-state index contributed by atoms with van der Waals surface area (Å²) >= 11 is 1.48. The number of aromatic nitrogens is 1. The van der Waals surface area contributed by atoms with Gasteiger partial charge in [-0.1, -0.05) is 38.3 Å². The van der Waals surface area contributed by atoms with Crippen molar-refractivity contribution in [1.82, 2.24) is 9.88 Å². The molecule has 1 aliphatic carbocycles. The first-order valence-electron chi connectivity index (χ1n) is 10.5. The number of amides is 1. The molecule has 1 saturated heterocycles. The van der Waals surface area contributed by atoms with Gasteiger partial charge in [-0.15, -0.1) is 0 Å². The predicted octanol–water partition coefficient (Wildman–Crippen LogP) is 5.83. The Balaban J connectivity index is 1.62. The van der Waals surface area contributed by atoms with E-state index < -0.39 is 0 Å². The quantitative estimate of drug-likeness (QED) is 0.588. The first-order valence-corrected chi connectivity index (χ1v) is 11.3. The average Bonchev–Trinajstić information content (AvgIpc) is 3.04. The summed E-state index contributed by atoms with van der Waals surface area (Å²) in [6, 6.07) is 12.1. The van der Waals surface area contributed by atoms with Gasteiger partial charge < -0.3 is 0 Å². The van der Waals surface area contributed by atoms with Crippen LogP contribution in [0.3, 0.4) is 0 Å². The van der Waals surface area contributed by atoms with E-state index in [0.29, 0.717) is 5.92 Å². The summed E-state index contributed by atoms with van der Waals surface area (Å²) in [4.78, 5) is 24.8. The standard InChI is InChI=1S/C24H27N3OS/c1-2-18-8-10-21(11-9-18)26-24-27(17-20-6-4-3-5-7-20)23(28)22(29-24)16-19-12-14-25-15-13-19/h8-16,20H,2-7,17H2,1H3/b22-16-,26-24?. The Morgan fingerprint density at radius 1 is 1.10 bits per heavy atom. The van der Waals surface area contributed by atoms with Crippen molar-refractivity contribution in [3.8, 4) is 0 Å². The SMILES string of the molecule is CCc1ccc(N=C2S/C(=C\c3ccncc3)C(=O)N2CC2CCCCC2)cc1. The molecule has 2 aromatic rings. The Hall–Kier alpha value is -2.40. The number of nitrogens with zero attached hydrogens (tertiary/aromatic N) is 3. The van der Waals surface area contributed by atoms with E-state index in [-0.39, 0.29) is 5.91 Å². The molecule has 0 bridgehead atoms. The Bertz CT molecular complexity index is 899.